The van der Waals surface area contributed by atoms with Gasteiger partial charge >= 0.3 is 5.97 Å². The van der Waals surface area contributed by atoms with Gasteiger partial charge in [0.15, 0.2) is 0 Å². The molecule has 2 N–H and O–H groups in total. The van der Waals surface area contributed by atoms with Gasteiger partial charge in [-0.15, -0.1) is 0 Å². The lowest BCUT2D eigenvalue weighted by molar-refractivity contribution is 0.0697. The number of carboxylic acids is 1. The summed E-state index contributed by atoms with van der Waals surface area (Å²) in [4.78, 5) is 17.3. The van der Waals surface area contributed by atoms with Crippen LogP contribution in [0.25, 0.3) is 0 Å². The highest BCUT2D eigenvalue weighted by Crippen LogP contribution is 2.26. The predicted molar refractivity (Wildman–Crippen MR) is 85.0 cm³/mol. The van der Waals surface area contributed by atoms with Crippen LogP contribution in [-0.2, 0) is 0 Å². The van der Waals surface area contributed by atoms with Crippen LogP contribution in [0.4, 0.5) is 17.2 Å². The molecule has 21 heavy (non-hydrogen) atoms. The highest BCUT2D eigenvalue weighted by molar-refractivity contribution is 6.29. The molecule has 0 atom stereocenters. The molecule has 0 aliphatic rings. The zero-order chi connectivity index (χ0) is 15.6. The Bertz CT molecular complexity index is 687. The third kappa shape index (κ3) is 3.44. The highest BCUT2D eigenvalue weighted by atomic mass is 35.5. The number of rotatable bonds is 4. The summed E-state index contributed by atoms with van der Waals surface area (Å²) in [5.41, 5.74) is 3.00. The summed E-state index contributed by atoms with van der Waals surface area (Å²) in [6.07, 6.45) is 0. The van der Waals surface area contributed by atoms with E-state index in [9.17, 15) is 9.90 Å². The van der Waals surface area contributed by atoms with E-state index in [0.29, 0.717) is 0 Å². The smallest absolute Gasteiger partial charge is 0.339 e. The second-order valence-corrected chi connectivity index (χ2v) is 5.24. The minimum absolute atomic E-state index is 0.0754. The number of carbonyl (C=O) groups is 1. The normalized spacial score (nSPS) is 10.3. The minimum Gasteiger partial charge on any atom is -0.478 e. The van der Waals surface area contributed by atoms with Crippen LogP contribution in [0, 0.1) is 6.92 Å². The number of benzene rings is 1. The maximum Gasteiger partial charge on any atom is 0.339 e. The first kappa shape index (κ1) is 15.1. The van der Waals surface area contributed by atoms with E-state index in [1.807, 2.05) is 44.1 Å². The van der Waals surface area contributed by atoms with E-state index in [4.69, 9.17) is 11.6 Å². The molecule has 0 radical (unpaired) electrons. The van der Waals surface area contributed by atoms with Crippen molar-refractivity contribution >= 4 is 34.8 Å². The number of anilines is 3. The van der Waals surface area contributed by atoms with Gasteiger partial charge in [-0.05, 0) is 36.8 Å². The van der Waals surface area contributed by atoms with Crippen molar-refractivity contribution in [3.05, 3.63) is 46.6 Å². The van der Waals surface area contributed by atoms with Crippen molar-refractivity contribution in [1.82, 2.24) is 4.98 Å². The molecule has 0 bridgehead atoms. The summed E-state index contributed by atoms with van der Waals surface area (Å²) in [5, 5.41) is 12.4. The quantitative estimate of drug-likeness (QED) is 0.846. The summed E-state index contributed by atoms with van der Waals surface area (Å²) in [5.74, 6) is -0.829. The number of nitrogens with zero attached hydrogens (tertiary/aromatic N) is 2. The fourth-order valence-electron chi connectivity index (χ4n) is 2.01. The molecule has 110 valence electrons. The standard InChI is InChI=1S/C15H16ClN3O2/c1-9-4-5-10(8-12(9)19(2)3)17-14-11(15(20)21)6-7-13(16)18-14/h4-8H,1-3H3,(H,17,18)(H,20,21). The largest absolute Gasteiger partial charge is 0.478 e. The molecule has 6 heteroatoms. The zero-order valence-corrected chi connectivity index (χ0v) is 12.8. The van der Waals surface area contributed by atoms with Crippen molar-refractivity contribution in [2.45, 2.75) is 6.92 Å². The van der Waals surface area contributed by atoms with E-state index in [-0.39, 0.29) is 16.5 Å². The van der Waals surface area contributed by atoms with E-state index in [0.717, 1.165) is 16.9 Å². The number of hydrogen-bond acceptors (Lipinski definition) is 4. The first-order chi connectivity index (χ1) is 9.88. The van der Waals surface area contributed by atoms with Crippen molar-refractivity contribution in [2.24, 2.45) is 0 Å². The third-order valence-electron chi connectivity index (χ3n) is 3.05. The number of pyridine rings is 1. The summed E-state index contributed by atoms with van der Waals surface area (Å²) in [6.45, 7) is 2.01. The second-order valence-electron chi connectivity index (χ2n) is 4.86. The molecule has 5 nitrogen and oxygen atoms in total. The van der Waals surface area contributed by atoms with E-state index in [2.05, 4.69) is 10.3 Å². The van der Waals surface area contributed by atoms with Crippen LogP contribution < -0.4 is 10.2 Å². The van der Waals surface area contributed by atoms with E-state index in [1.165, 1.54) is 12.1 Å². The second kappa shape index (κ2) is 6.01. The van der Waals surface area contributed by atoms with Gasteiger partial charge in [-0.1, -0.05) is 17.7 Å². The fourth-order valence-corrected chi connectivity index (χ4v) is 2.16. The molecule has 2 aromatic rings. The van der Waals surface area contributed by atoms with Gasteiger partial charge in [0, 0.05) is 25.5 Å². The zero-order valence-electron chi connectivity index (χ0n) is 12.0. The summed E-state index contributed by atoms with van der Waals surface area (Å²) >= 11 is 5.84. The Morgan fingerprint density at radius 2 is 2.00 bits per heavy atom. The Balaban J connectivity index is 2.40. The maximum atomic E-state index is 11.2. The van der Waals surface area contributed by atoms with E-state index in [1.54, 1.807) is 0 Å². The van der Waals surface area contributed by atoms with Gasteiger partial charge < -0.3 is 15.3 Å². The average molecular weight is 306 g/mol. The molecular weight excluding hydrogens is 290 g/mol. The monoisotopic (exact) mass is 305 g/mol. The summed E-state index contributed by atoms with van der Waals surface area (Å²) in [6, 6.07) is 8.65. The van der Waals surface area contributed by atoms with Gasteiger partial charge in [-0.3, -0.25) is 0 Å². The molecule has 1 heterocycles. The van der Waals surface area contributed by atoms with Gasteiger partial charge in [0.1, 0.15) is 16.5 Å². The topological polar surface area (TPSA) is 65.5 Å². The van der Waals surface area contributed by atoms with Crippen molar-refractivity contribution in [3.8, 4) is 0 Å². The van der Waals surface area contributed by atoms with Gasteiger partial charge in [-0.25, -0.2) is 9.78 Å². The lowest BCUT2D eigenvalue weighted by Crippen LogP contribution is -2.11. The molecule has 1 aromatic carbocycles. The molecular formula is C15H16ClN3O2. The van der Waals surface area contributed by atoms with E-state index >= 15 is 0 Å². The Morgan fingerprint density at radius 3 is 2.62 bits per heavy atom. The third-order valence-corrected chi connectivity index (χ3v) is 3.26. The maximum absolute atomic E-state index is 11.2. The Kier molecular flexibility index (Phi) is 4.33. The predicted octanol–water partition coefficient (Wildman–Crippen LogP) is 3.55. The van der Waals surface area contributed by atoms with Crippen molar-refractivity contribution in [1.29, 1.82) is 0 Å². The molecule has 2 rings (SSSR count). The SMILES string of the molecule is Cc1ccc(Nc2nc(Cl)ccc2C(=O)O)cc1N(C)C. The molecule has 0 unspecified atom stereocenters. The van der Waals surface area contributed by atoms with Crippen LogP contribution in [0.2, 0.25) is 5.15 Å². The molecule has 0 aliphatic carbocycles. The number of aromatic carboxylic acids is 1. The Morgan fingerprint density at radius 1 is 1.29 bits per heavy atom. The molecule has 0 spiro atoms. The van der Waals surface area contributed by atoms with Crippen LogP contribution >= 0.6 is 11.6 Å². The van der Waals surface area contributed by atoms with Gasteiger partial charge in [0.25, 0.3) is 0 Å². The van der Waals surface area contributed by atoms with Crippen LogP contribution in [0.5, 0.6) is 0 Å². The van der Waals surface area contributed by atoms with Gasteiger partial charge in [0.05, 0.1) is 0 Å². The van der Waals surface area contributed by atoms with Crippen LogP contribution in [0.3, 0.4) is 0 Å². The molecule has 0 aliphatic heterocycles. The first-order valence-electron chi connectivity index (χ1n) is 6.33. The number of aryl methyl sites for hydroxylation is 1. The van der Waals surface area contributed by atoms with Crippen molar-refractivity contribution < 1.29 is 9.90 Å². The number of halogens is 1. The highest BCUT2D eigenvalue weighted by Gasteiger charge is 2.13. The summed E-state index contributed by atoms with van der Waals surface area (Å²) < 4.78 is 0. The first-order valence-corrected chi connectivity index (χ1v) is 6.71. The molecule has 0 fully saturated rings. The van der Waals surface area contributed by atoms with Crippen LogP contribution in [0.1, 0.15) is 15.9 Å². The van der Waals surface area contributed by atoms with Crippen molar-refractivity contribution in [3.63, 3.8) is 0 Å². The molecule has 1 aromatic heterocycles. The number of carboxylic acid groups (broad SMARTS) is 1. The lowest BCUT2D eigenvalue weighted by Gasteiger charge is -2.17. The van der Waals surface area contributed by atoms with Gasteiger partial charge in [0.2, 0.25) is 0 Å². The molecule has 0 saturated carbocycles. The van der Waals surface area contributed by atoms with Crippen molar-refractivity contribution in [2.75, 3.05) is 24.3 Å². The Labute approximate surface area is 128 Å². The van der Waals surface area contributed by atoms with Crippen LogP contribution in [-0.4, -0.2) is 30.2 Å². The lowest BCUT2D eigenvalue weighted by atomic mass is 10.1. The summed E-state index contributed by atoms with van der Waals surface area (Å²) in [7, 11) is 3.90. The average Bonchev–Trinajstić information content (AvgIpc) is 2.40. The number of hydrogen-bond donors (Lipinski definition) is 2. The fraction of sp³-hybridized carbons (Fsp3) is 0.200. The Hall–Kier alpha value is -2.27. The molecule has 0 saturated heterocycles. The number of nitrogens with one attached hydrogen (secondary N) is 1. The van der Waals surface area contributed by atoms with E-state index < -0.39 is 5.97 Å². The van der Waals surface area contributed by atoms with Gasteiger partial charge in [-0.2, -0.15) is 0 Å². The van der Waals surface area contributed by atoms with Crippen LogP contribution in [0.15, 0.2) is 30.3 Å². The minimum atomic E-state index is -1.05. The molecule has 0 amide bonds. The number of aromatic nitrogens is 1.